The van der Waals surface area contributed by atoms with Crippen LogP contribution in [0.3, 0.4) is 0 Å². The molecule has 1 amide bonds. The molecule has 1 aliphatic heterocycles. The highest BCUT2D eigenvalue weighted by Gasteiger charge is 2.27. The minimum absolute atomic E-state index is 0.0859. The monoisotopic (exact) mass is 491 g/mol. The van der Waals surface area contributed by atoms with Crippen molar-refractivity contribution in [3.05, 3.63) is 114 Å². The molecule has 1 aliphatic rings. The number of carbonyl (C=O) groups excluding carboxylic acids is 1. The van der Waals surface area contributed by atoms with Crippen molar-refractivity contribution in [1.29, 1.82) is 0 Å². The second-order valence-corrected chi connectivity index (χ2v) is 9.31. The van der Waals surface area contributed by atoms with Gasteiger partial charge in [-0.25, -0.2) is 0 Å². The van der Waals surface area contributed by atoms with Crippen molar-refractivity contribution in [3.8, 4) is 22.7 Å². The Balaban J connectivity index is 1.36. The number of methoxy groups -OCH3 is 1. The quantitative estimate of drug-likeness (QED) is 0.321. The molecule has 3 aromatic carbocycles. The van der Waals surface area contributed by atoms with E-state index in [1.807, 2.05) is 66.4 Å². The Morgan fingerprint density at radius 2 is 1.51 bits per heavy atom. The molecule has 0 atom stereocenters. The molecule has 0 aliphatic carbocycles. The Morgan fingerprint density at radius 3 is 2.22 bits per heavy atom. The maximum absolute atomic E-state index is 13.8. The van der Waals surface area contributed by atoms with Crippen LogP contribution in [0.5, 0.6) is 5.75 Å². The minimum atomic E-state index is 0.0859. The fraction of sp³-hybridized carbons (Fsp3) is 0.219. The van der Waals surface area contributed by atoms with Crippen molar-refractivity contribution >= 4 is 12.0 Å². The summed E-state index contributed by atoms with van der Waals surface area (Å²) in [5, 5.41) is 0. The topological polar surface area (TPSA) is 37.7 Å². The fourth-order valence-corrected chi connectivity index (χ4v) is 4.98. The number of amides is 1. The Bertz CT molecular complexity index is 1370. The van der Waals surface area contributed by atoms with Crippen molar-refractivity contribution in [2.24, 2.45) is 0 Å². The number of hydrogen-bond donors (Lipinski definition) is 0. The molecule has 2 heterocycles. The summed E-state index contributed by atoms with van der Waals surface area (Å²) in [6.45, 7) is 6.08. The zero-order chi connectivity index (χ0) is 25.6. The largest absolute Gasteiger partial charge is 0.495 e. The lowest BCUT2D eigenvalue weighted by Crippen LogP contribution is -2.48. The third-order valence-electron chi connectivity index (χ3n) is 7.01. The van der Waals surface area contributed by atoms with Gasteiger partial charge in [0.2, 0.25) is 0 Å². The van der Waals surface area contributed by atoms with E-state index >= 15 is 0 Å². The van der Waals surface area contributed by atoms with Crippen LogP contribution in [0.15, 0.2) is 97.1 Å². The van der Waals surface area contributed by atoms with Gasteiger partial charge in [0.15, 0.2) is 0 Å². The van der Waals surface area contributed by atoms with E-state index in [1.165, 1.54) is 5.56 Å². The van der Waals surface area contributed by atoms with Gasteiger partial charge in [-0.1, -0.05) is 84.9 Å². The normalized spacial score (nSPS) is 14.3. The second kappa shape index (κ2) is 11.3. The first-order chi connectivity index (χ1) is 18.2. The summed E-state index contributed by atoms with van der Waals surface area (Å²) in [6, 6.07) is 30.6. The highest BCUT2D eigenvalue weighted by Crippen LogP contribution is 2.34. The van der Waals surface area contributed by atoms with Gasteiger partial charge in [0, 0.05) is 38.4 Å². The number of benzene rings is 3. The molecule has 5 heteroatoms. The van der Waals surface area contributed by atoms with Gasteiger partial charge in [0.05, 0.1) is 24.1 Å². The Kier molecular flexibility index (Phi) is 7.52. The maximum Gasteiger partial charge on any atom is 0.255 e. The molecular weight excluding hydrogens is 458 g/mol. The van der Waals surface area contributed by atoms with Gasteiger partial charge in [-0.2, -0.15) is 0 Å². The van der Waals surface area contributed by atoms with E-state index in [2.05, 4.69) is 58.0 Å². The summed E-state index contributed by atoms with van der Waals surface area (Å²) in [5.74, 6) is 0.859. The van der Waals surface area contributed by atoms with Crippen molar-refractivity contribution in [2.45, 2.75) is 6.92 Å². The summed E-state index contributed by atoms with van der Waals surface area (Å²) in [4.78, 5) is 18.1. The van der Waals surface area contributed by atoms with Crippen LogP contribution in [0.1, 0.15) is 21.6 Å². The molecule has 0 saturated carbocycles. The molecule has 1 aromatic heterocycles. The third kappa shape index (κ3) is 5.37. The zero-order valence-electron chi connectivity index (χ0n) is 21.5. The zero-order valence-corrected chi connectivity index (χ0v) is 21.5. The van der Waals surface area contributed by atoms with Gasteiger partial charge < -0.3 is 14.2 Å². The van der Waals surface area contributed by atoms with E-state index in [1.54, 1.807) is 7.11 Å². The lowest BCUT2D eigenvalue weighted by Gasteiger charge is -2.34. The maximum atomic E-state index is 13.8. The van der Waals surface area contributed by atoms with Gasteiger partial charge in [-0.15, -0.1) is 0 Å². The van der Waals surface area contributed by atoms with Crippen LogP contribution in [-0.2, 0) is 0 Å². The predicted octanol–water partition coefficient (Wildman–Crippen LogP) is 5.93. The highest BCUT2D eigenvalue weighted by molar-refractivity contribution is 5.97. The second-order valence-electron chi connectivity index (χ2n) is 9.31. The number of carbonyl (C=O) groups is 1. The van der Waals surface area contributed by atoms with Gasteiger partial charge in [0.1, 0.15) is 5.75 Å². The van der Waals surface area contributed by atoms with Gasteiger partial charge >= 0.3 is 0 Å². The molecule has 0 spiro atoms. The van der Waals surface area contributed by atoms with Gasteiger partial charge in [-0.3, -0.25) is 9.69 Å². The van der Waals surface area contributed by atoms with Crippen LogP contribution < -0.4 is 4.74 Å². The first-order valence-corrected chi connectivity index (χ1v) is 12.8. The number of ether oxygens (including phenoxy) is 1. The van der Waals surface area contributed by atoms with Crippen molar-refractivity contribution in [2.75, 3.05) is 39.8 Å². The molecule has 1 saturated heterocycles. The lowest BCUT2D eigenvalue weighted by atomic mass is 10.1. The van der Waals surface area contributed by atoms with E-state index in [4.69, 9.17) is 4.74 Å². The third-order valence-corrected chi connectivity index (χ3v) is 7.01. The summed E-state index contributed by atoms with van der Waals surface area (Å²) in [5.41, 5.74) is 5.83. The number of aromatic nitrogens is 1. The highest BCUT2D eigenvalue weighted by atomic mass is 16.5. The van der Waals surface area contributed by atoms with E-state index in [9.17, 15) is 4.79 Å². The first kappa shape index (κ1) is 24.6. The molecular formula is C32H33N3O2. The van der Waals surface area contributed by atoms with Crippen molar-refractivity contribution in [3.63, 3.8) is 0 Å². The summed E-state index contributed by atoms with van der Waals surface area (Å²) in [6.07, 6.45) is 4.36. The van der Waals surface area contributed by atoms with Crippen LogP contribution in [-0.4, -0.2) is 60.1 Å². The molecule has 0 unspecified atom stereocenters. The van der Waals surface area contributed by atoms with Crippen LogP contribution >= 0.6 is 0 Å². The number of hydrogen-bond acceptors (Lipinski definition) is 3. The molecule has 0 N–H and O–H groups in total. The molecule has 5 rings (SSSR count). The standard InChI is InChI=1S/C32H33N3O2/c1-25-28(32(36)34-22-20-33(21-23-34)19-11-14-26-12-5-3-6-13-26)24-30(27-15-7-4-8-16-27)35(25)29-17-9-10-18-31(29)37-2/h3-18,24H,19-23H2,1-2H3/b14-11+. The van der Waals surface area contributed by atoms with Crippen molar-refractivity contribution in [1.82, 2.24) is 14.4 Å². The van der Waals surface area contributed by atoms with Crippen LogP contribution in [0.4, 0.5) is 0 Å². The molecule has 0 bridgehead atoms. The number of rotatable bonds is 7. The molecule has 37 heavy (non-hydrogen) atoms. The summed E-state index contributed by atoms with van der Waals surface area (Å²) < 4.78 is 7.82. The average Bonchev–Trinajstić information content (AvgIpc) is 3.30. The van der Waals surface area contributed by atoms with E-state index < -0.39 is 0 Å². The Labute approximate surface area is 219 Å². The predicted molar refractivity (Wildman–Crippen MR) is 150 cm³/mol. The molecule has 188 valence electrons. The van der Waals surface area contributed by atoms with Gasteiger partial charge in [0.25, 0.3) is 5.91 Å². The molecule has 5 nitrogen and oxygen atoms in total. The lowest BCUT2D eigenvalue weighted by molar-refractivity contribution is 0.0649. The Morgan fingerprint density at radius 1 is 0.865 bits per heavy atom. The van der Waals surface area contributed by atoms with E-state index in [0.29, 0.717) is 0 Å². The van der Waals surface area contributed by atoms with Crippen LogP contribution in [0, 0.1) is 6.92 Å². The SMILES string of the molecule is COc1ccccc1-n1c(-c2ccccc2)cc(C(=O)N2CCN(C/C=C/c3ccccc3)CC2)c1C. The minimum Gasteiger partial charge on any atom is -0.495 e. The molecule has 1 fully saturated rings. The number of nitrogens with zero attached hydrogens (tertiary/aromatic N) is 3. The fourth-order valence-electron chi connectivity index (χ4n) is 4.98. The van der Waals surface area contributed by atoms with E-state index in [-0.39, 0.29) is 5.91 Å². The Hall–Kier alpha value is -4.09. The van der Waals surface area contributed by atoms with Crippen LogP contribution in [0.25, 0.3) is 23.0 Å². The summed E-state index contributed by atoms with van der Waals surface area (Å²) in [7, 11) is 1.68. The number of piperazine rings is 1. The average molecular weight is 492 g/mol. The smallest absolute Gasteiger partial charge is 0.255 e. The number of para-hydroxylation sites is 2. The summed E-state index contributed by atoms with van der Waals surface area (Å²) >= 11 is 0. The molecule has 4 aromatic rings. The van der Waals surface area contributed by atoms with E-state index in [0.717, 1.165) is 66.7 Å². The molecule has 0 radical (unpaired) electrons. The van der Waals surface area contributed by atoms with Gasteiger partial charge in [-0.05, 0) is 36.2 Å². The first-order valence-electron chi connectivity index (χ1n) is 12.8. The van der Waals surface area contributed by atoms with Crippen LogP contribution in [0.2, 0.25) is 0 Å². The van der Waals surface area contributed by atoms with Crippen molar-refractivity contribution < 1.29 is 9.53 Å².